The molecule has 1 aromatic rings. The number of nitrogens with one attached hydrogen (secondary N) is 1. The van der Waals surface area contributed by atoms with Gasteiger partial charge < -0.3 is 11.1 Å². The number of carbonyl (C=O) groups excluding carboxylic acids is 1. The van der Waals surface area contributed by atoms with E-state index in [2.05, 4.69) is 10.3 Å². The number of hydrogen-bond donors (Lipinski definition) is 2. The maximum absolute atomic E-state index is 12.5. The average Bonchev–Trinajstić information content (AvgIpc) is 2.24. The monoisotopic (exact) mass is 261 g/mol. The number of nitrogens with two attached hydrogens (primary N) is 1. The highest BCUT2D eigenvalue weighted by Gasteiger charge is 2.33. The zero-order valence-electron chi connectivity index (χ0n) is 10.0. The van der Waals surface area contributed by atoms with Gasteiger partial charge in [-0.2, -0.15) is 13.2 Å². The zero-order valence-corrected chi connectivity index (χ0v) is 10.0. The van der Waals surface area contributed by atoms with Crippen LogP contribution in [0.3, 0.4) is 0 Å². The highest BCUT2D eigenvalue weighted by Crippen LogP contribution is 2.29. The highest BCUT2D eigenvalue weighted by atomic mass is 19.4. The number of primary amides is 1. The third-order valence-electron chi connectivity index (χ3n) is 2.13. The molecule has 4 nitrogen and oxygen atoms in total. The number of amides is 1. The number of carbonyl (C=O) groups is 1. The third kappa shape index (κ3) is 3.61. The van der Waals surface area contributed by atoms with Crippen LogP contribution in [0.25, 0.3) is 0 Å². The molecule has 0 atom stereocenters. The summed E-state index contributed by atoms with van der Waals surface area (Å²) in [5, 5.41) is 2.69. The normalized spacial score (nSPS) is 11.7. The number of alkyl halides is 3. The SMILES string of the molecule is CC(C)CNc1nc(C(F)(F)F)ccc1C(N)=O. The molecule has 0 spiro atoms. The van der Waals surface area contributed by atoms with Crippen LogP contribution in [0.15, 0.2) is 12.1 Å². The van der Waals surface area contributed by atoms with Gasteiger partial charge in [0.1, 0.15) is 11.5 Å². The first kappa shape index (κ1) is 14.3. The molecule has 0 fully saturated rings. The van der Waals surface area contributed by atoms with Crippen molar-refractivity contribution < 1.29 is 18.0 Å². The van der Waals surface area contributed by atoms with Gasteiger partial charge in [-0.15, -0.1) is 0 Å². The Morgan fingerprint density at radius 2 is 2.06 bits per heavy atom. The molecule has 0 aliphatic carbocycles. The van der Waals surface area contributed by atoms with E-state index in [1.165, 1.54) is 0 Å². The van der Waals surface area contributed by atoms with Crippen molar-refractivity contribution in [2.45, 2.75) is 20.0 Å². The Morgan fingerprint density at radius 1 is 1.44 bits per heavy atom. The van der Waals surface area contributed by atoms with Gasteiger partial charge in [-0.3, -0.25) is 4.79 Å². The summed E-state index contributed by atoms with van der Waals surface area (Å²) in [5.74, 6) is -0.754. The number of nitrogens with zero attached hydrogens (tertiary/aromatic N) is 1. The summed E-state index contributed by atoms with van der Waals surface area (Å²) < 4.78 is 37.5. The first-order valence-electron chi connectivity index (χ1n) is 5.33. The van der Waals surface area contributed by atoms with Crippen molar-refractivity contribution in [3.8, 4) is 0 Å². The first-order chi connectivity index (χ1) is 8.21. The lowest BCUT2D eigenvalue weighted by Crippen LogP contribution is -2.20. The van der Waals surface area contributed by atoms with Gasteiger partial charge in [0.2, 0.25) is 0 Å². The fourth-order valence-corrected chi connectivity index (χ4v) is 1.25. The van der Waals surface area contributed by atoms with E-state index in [9.17, 15) is 18.0 Å². The molecule has 0 unspecified atom stereocenters. The van der Waals surface area contributed by atoms with Gasteiger partial charge >= 0.3 is 6.18 Å². The minimum absolute atomic E-state index is 0.0522. The molecule has 0 radical (unpaired) electrons. The summed E-state index contributed by atoms with van der Waals surface area (Å²) >= 11 is 0. The lowest BCUT2D eigenvalue weighted by atomic mass is 10.2. The molecule has 1 rings (SSSR count). The maximum atomic E-state index is 12.5. The van der Waals surface area contributed by atoms with Crippen LogP contribution in [0.5, 0.6) is 0 Å². The molecule has 7 heteroatoms. The number of hydrogen-bond acceptors (Lipinski definition) is 3. The van der Waals surface area contributed by atoms with Crippen LogP contribution in [0.2, 0.25) is 0 Å². The second-order valence-corrected chi connectivity index (χ2v) is 4.23. The number of pyridine rings is 1. The largest absolute Gasteiger partial charge is 0.433 e. The molecular weight excluding hydrogens is 247 g/mol. The summed E-state index contributed by atoms with van der Waals surface area (Å²) in [5.41, 5.74) is 3.97. The summed E-state index contributed by atoms with van der Waals surface area (Å²) in [6.45, 7) is 4.16. The van der Waals surface area contributed by atoms with Gasteiger partial charge in [-0.1, -0.05) is 13.8 Å². The quantitative estimate of drug-likeness (QED) is 0.873. The van der Waals surface area contributed by atoms with Gasteiger partial charge in [-0.25, -0.2) is 4.98 Å². The molecule has 100 valence electrons. The molecule has 0 aromatic carbocycles. The van der Waals surface area contributed by atoms with Crippen molar-refractivity contribution in [3.63, 3.8) is 0 Å². The summed E-state index contributed by atoms with van der Waals surface area (Å²) in [4.78, 5) is 14.5. The van der Waals surface area contributed by atoms with Crippen LogP contribution in [0.1, 0.15) is 29.9 Å². The van der Waals surface area contributed by atoms with Crippen molar-refractivity contribution in [2.24, 2.45) is 11.7 Å². The van der Waals surface area contributed by atoms with Crippen molar-refractivity contribution in [3.05, 3.63) is 23.4 Å². The minimum Gasteiger partial charge on any atom is -0.369 e. The lowest BCUT2D eigenvalue weighted by Gasteiger charge is -2.13. The third-order valence-corrected chi connectivity index (χ3v) is 2.13. The molecule has 1 heterocycles. The van der Waals surface area contributed by atoms with E-state index in [0.717, 1.165) is 12.1 Å². The number of aromatic nitrogens is 1. The van der Waals surface area contributed by atoms with Crippen LogP contribution in [-0.4, -0.2) is 17.4 Å². The zero-order chi connectivity index (χ0) is 13.9. The standard InChI is InChI=1S/C11H14F3N3O/c1-6(2)5-16-10-7(9(15)18)3-4-8(17-10)11(12,13)14/h3-4,6H,5H2,1-2H3,(H2,15,18)(H,16,17). The van der Waals surface area contributed by atoms with Gasteiger partial charge in [0.15, 0.2) is 0 Å². The lowest BCUT2D eigenvalue weighted by molar-refractivity contribution is -0.141. The van der Waals surface area contributed by atoms with Gasteiger partial charge in [0.05, 0.1) is 5.56 Å². The van der Waals surface area contributed by atoms with Gasteiger partial charge in [0, 0.05) is 6.54 Å². The summed E-state index contributed by atoms with van der Waals surface area (Å²) in [6.07, 6.45) is -4.55. The number of rotatable bonds is 4. The molecule has 0 bridgehead atoms. The fourth-order valence-electron chi connectivity index (χ4n) is 1.25. The summed E-state index contributed by atoms with van der Waals surface area (Å²) in [6, 6.07) is 1.77. The van der Waals surface area contributed by atoms with Crippen molar-refractivity contribution >= 4 is 11.7 Å². The van der Waals surface area contributed by atoms with E-state index in [1.807, 2.05) is 13.8 Å². The van der Waals surface area contributed by atoms with Crippen molar-refractivity contribution in [2.75, 3.05) is 11.9 Å². The topological polar surface area (TPSA) is 68.0 Å². The molecular formula is C11H14F3N3O. The van der Waals surface area contributed by atoms with Crippen LogP contribution in [0, 0.1) is 5.92 Å². The highest BCUT2D eigenvalue weighted by molar-refractivity contribution is 5.97. The van der Waals surface area contributed by atoms with E-state index in [4.69, 9.17) is 5.73 Å². The first-order valence-corrected chi connectivity index (χ1v) is 5.33. The van der Waals surface area contributed by atoms with Crippen molar-refractivity contribution in [1.29, 1.82) is 0 Å². The van der Waals surface area contributed by atoms with E-state index in [0.29, 0.717) is 6.54 Å². The molecule has 0 aliphatic heterocycles. The fraction of sp³-hybridized carbons (Fsp3) is 0.455. The van der Waals surface area contributed by atoms with Gasteiger partial charge in [0.25, 0.3) is 5.91 Å². The van der Waals surface area contributed by atoms with E-state index in [1.54, 1.807) is 0 Å². The Balaban J connectivity index is 3.12. The predicted molar refractivity (Wildman–Crippen MR) is 61.1 cm³/mol. The van der Waals surface area contributed by atoms with Crippen molar-refractivity contribution in [1.82, 2.24) is 4.98 Å². The summed E-state index contributed by atoms with van der Waals surface area (Å²) in [7, 11) is 0. The second kappa shape index (κ2) is 5.24. The van der Waals surface area contributed by atoms with E-state index < -0.39 is 17.8 Å². The van der Waals surface area contributed by atoms with E-state index in [-0.39, 0.29) is 17.3 Å². The predicted octanol–water partition coefficient (Wildman–Crippen LogP) is 2.27. The Hall–Kier alpha value is -1.79. The molecule has 18 heavy (non-hydrogen) atoms. The van der Waals surface area contributed by atoms with Crippen LogP contribution in [-0.2, 0) is 6.18 Å². The Morgan fingerprint density at radius 3 is 2.50 bits per heavy atom. The maximum Gasteiger partial charge on any atom is 0.433 e. The Bertz CT molecular complexity index is 444. The minimum atomic E-state index is -4.55. The Kier molecular flexibility index (Phi) is 4.15. The number of anilines is 1. The Labute approximate surface area is 102 Å². The molecule has 0 aliphatic rings. The van der Waals surface area contributed by atoms with Crippen LogP contribution in [0.4, 0.5) is 19.0 Å². The van der Waals surface area contributed by atoms with Crippen LogP contribution < -0.4 is 11.1 Å². The smallest absolute Gasteiger partial charge is 0.369 e. The number of halogens is 3. The second-order valence-electron chi connectivity index (χ2n) is 4.23. The van der Waals surface area contributed by atoms with E-state index >= 15 is 0 Å². The molecule has 0 saturated carbocycles. The molecule has 0 saturated heterocycles. The average molecular weight is 261 g/mol. The molecule has 3 N–H and O–H groups in total. The van der Waals surface area contributed by atoms with Gasteiger partial charge in [-0.05, 0) is 18.1 Å². The molecule has 1 amide bonds. The van der Waals surface area contributed by atoms with Crippen LogP contribution >= 0.6 is 0 Å². The molecule has 1 aromatic heterocycles.